The van der Waals surface area contributed by atoms with Crippen molar-refractivity contribution in [1.29, 1.82) is 0 Å². The highest BCUT2D eigenvalue weighted by atomic mass is 16.5. The van der Waals surface area contributed by atoms with Gasteiger partial charge in [0.15, 0.2) is 0 Å². The van der Waals surface area contributed by atoms with Crippen LogP contribution in [0.3, 0.4) is 0 Å². The van der Waals surface area contributed by atoms with Crippen molar-refractivity contribution in [3.63, 3.8) is 0 Å². The SMILES string of the molecule is COc1ccc(C2(C(=O)NCCNc3ncccn3)CCCC2)cc1. The summed E-state index contributed by atoms with van der Waals surface area (Å²) in [4.78, 5) is 21.1. The quantitative estimate of drug-likeness (QED) is 0.758. The molecule has 25 heavy (non-hydrogen) atoms. The number of hydrogen-bond acceptors (Lipinski definition) is 5. The van der Waals surface area contributed by atoms with Gasteiger partial charge in [0.25, 0.3) is 0 Å². The number of rotatable bonds is 7. The zero-order valence-corrected chi connectivity index (χ0v) is 14.5. The third-order valence-corrected chi connectivity index (χ3v) is 4.79. The summed E-state index contributed by atoms with van der Waals surface area (Å²) in [5.74, 6) is 1.48. The van der Waals surface area contributed by atoms with Gasteiger partial charge in [-0.05, 0) is 36.6 Å². The first kappa shape index (κ1) is 17.2. The van der Waals surface area contributed by atoms with E-state index in [1.807, 2.05) is 24.3 Å². The topological polar surface area (TPSA) is 76.1 Å². The Kier molecular flexibility index (Phi) is 5.48. The van der Waals surface area contributed by atoms with Gasteiger partial charge in [-0.1, -0.05) is 25.0 Å². The summed E-state index contributed by atoms with van der Waals surface area (Å²) in [7, 11) is 1.65. The second-order valence-electron chi connectivity index (χ2n) is 6.27. The van der Waals surface area contributed by atoms with Crippen molar-refractivity contribution in [3.05, 3.63) is 48.3 Å². The van der Waals surface area contributed by atoms with Gasteiger partial charge in [0.2, 0.25) is 11.9 Å². The van der Waals surface area contributed by atoms with Crippen LogP contribution in [0.1, 0.15) is 31.2 Å². The molecule has 1 aromatic heterocycles. The summed E-state index contributed by atoms with van der Waals surface area (Å²) in [5, 5.41) is 6.18. The van der Waals surface area contributed by atoms with Crippen LogP contribution >= 0.6 is 0 Å². The molecule has 1 heterocycles. The van der Waals surface area contributed by atoms with Gasteiger partial charge in [-0.25, -0.2) is 9.97 Å². The predicted molar refractivity (Wildman–Crippen MR) is 96.7 cm³/mol. The van der Waals surface area contributed by atoms with E-state index in [0.29, 0.717) is 19.0 Å². The van der Waals surface area contributed by atoms with Gasteiger partial charge in [0.05, 0.1) is 12.5 Å². The van der Waals surface area contributed by atoms with Crippen LogP contribution in [0.25, 0.3) is 0 Å². The monoisotopic (exact) mass is 340 g/mol. The van der Waals surface area contributed by atoms with Crippen molar-refractivity contribution in [3.8, 4) is 5.75 Å². The normalized spacial score (nSPS) is 15.6. The summed E-state index contributed by atoms with van der Waals surface area (Å²) in [5.41, 5.74) is 0.651. The van der Waals surface area contributed by atoms with Crippen LogP contribution in [0.15, 0.2) is 42.7 Å². The molecule has 132 valence electrons. The van der Waals surface area contributed by atoms with E-state index in [4.69, 9.17) is 4.74 Å². The molecule has 0 unspecified atom stereocenters. The van der Waals surface area contributed by atoms with Gasteiger partial charge >= 0.3 is 0 Å². The van der Waals surface area contributed by atoms with Crippen molar-refractivity contribution in [2.24, 2.45) is 0 Å². The average molecular weight is 340 g/mol. The molecule has 3 rings (SSSR count). The summed E-state index contributed by atoms with van der Waals surface area (Å²) < 4.78 is 5.23. The lowest BCUT2D eigenvalue weighted by Crippen LogP contribution is -2.44. The number of amides is 1. The predicted octanol–water partition coefficient (Wildman–Crippen LogP) is 2.53. The number of ether oxygens (including phenoxy) is 1. The average Bonchev–Trinajstić information content (AvgIpc) is 3.17. The Morgan fingerprint density at radius 2 is 1.80 bits per heavy atom. The third-order valence-electron chi connectivity index (χ3n) is 4.79. The van der Waals surface area contributed by atoms with Crippen molar-refractivity contribution >= 4 is 11.9 Å². The van der Waals surface area contributed by atoms with Gasteiger partial charge in [-0.15, -0.1) is 0 Å². The highest BCUT2D eigenvalue weighted by Crippen LogP contribution is 2.41. The van der Waals surface area contributed by atoms with E-state index in [1.165, 1.54) is 0 Å². The molecule has 0 spiro atoms. The van der Waals surface area contributed by atoms with E-state index in [9.17, 15) is 4.79 Å². The molecule has 0 atom stereocenters. The van der Waals surface area contributed by atoms with Gasteiger partial charge in [-0.3, -0.25) is 4.79 Å². The Morgan fingerprint density at radius 1 is 1.12 bits per heavy atom. The van der Waals surface area contributed by atoms with Crippen LogP contribution in [0, 0.1) is 0 Å². The highest BCUT2D eigenvalue weighted by Gasteiger charge is 2.42. The molecule has 1 aromatic carbocycles. The molecule has 0 bridgehead atoms. The number of methoxy groups -OCH3 is 1. The maximum Gasteiger partial charge on any atom is 0.230 e. The molecule has 0 aliphatic heterocycles. The second-order valence-corrected chi connectivity index (χ2v) is 6.27. The lowest BCUT2D eigenvalue weighted by Gasteiger charge is -2.28. The number of hydrogen-bond donors (Lipinski definition) is 2. The number of carbonyl (C=O) groups excluding carboxylic acids is 1. The minimum atomic E-state index is -0.421. The molecular weight excluding hydrogens is 316 g/mol. The molecule has 1 amide bonds. The van der Waals surface area contributed by atoms with Crippen molar-refractivity contribution in [2.75, 3.05) is 25.5 Å². The maximum absolute atomic E-state index is 12.9. The molecule has 0 saturated heterocycles. The molecule has 6 heteroatoms. The number of benzene rings is 1. The first-order valence-corrected chi connectivity index (χ1v) is 8.68. The largest absolute Gasteiger partial charge is 0.497 e. The molecule has 0 radical (unpaired) electrons. The summed E-state index contributed by atoms with van der Waals surface area (Å²) in [6.07, 6.45) is 7.31. The number of nitrogens with one attached hydrogen (secondary N) is 2. The molecule has 1 fully saturated rings. The molecule has 1 aliphatic carbocycles. The first-order chi connectivity index (χ1) is 12.2. The molecule has 6 nitrogen and oxygen atoms in total. The van der Waals surface area contributed by atoms with E-state index in [2.05, 4.69) is 20.6 Å². The van der Waals surface area contributed by atoms with Gasteiger partial charge < -0.3 is 15.4 Å². The van der Waals surface area contributed by atoms with Crippen LogP contribution in [-0.4, -0.2) is 36.1 Å². The fraction of sp³-hybridized carbons (Fsp3) is 0.421. The van der Waals surface area contributed by atoms with Crippen molar-refractivity contribution < 1.29 is 9.53 Å². The lowest BCUT2D eigenvalue weighted by atomic mass is 9.78. The number of carbonyl (C=O) groups is 1. The Labute approximate surface area is 148 Å². The Balaban J connectivity index is 1.60. The minimum absolute atomic E-state index is 0.103. The second kappa shape index (κ2) is 7.96. The van der Waals surface area contributed by atoms with Crippen LogP contribution in [0.4, 0.5) is 5.95 Å². The maximum atomic E-state index is 12.9. The molecule has 2 aromatic rings. The molecule has 2 N–H and O–H groups in total. The highest BCUT2D eigenvalue weighted by molar-refractivity contribution is 5.88. The van der Waals surface area contributed by atoms with Gasteiger partial charge in [-0.2, -0.15) is 0 Å². The van der Waals surface area contributed by atoms with Crippen molar-refractivity contribution in [1.82, 2.24) is 15.3 Å². The third kappa shape index (κ3) is 3.90. The van der Waals surface area contributed by atoms with Crippen LogP contribution in [-0.2, 0) is 10.2 Å². The van der Waals surface area contributed by atoms with Crippen LogP contribution in [0.5, 0.6) is 5.75 Å². The van der Waals surface area contributed by atoms with Crippen LogP contribution < -0.4 is 15.4 Å². The van der Waals surface area contributed by atoms with Gasteiger partial charge in [0, 0.05) is 25.5 Å². The molecule has 1 saturated carbocycles. The fourth-order valence-electron chi connectivity index (χ4n) is 3.45. The Hall–Kier alpha value is -2.63. The van der Waals surface area contributed by atoms with E-state index < -0.39 is 5.41 Å². The fourth-order valence-corrected chi connectivity index (χ4v) is 3.45. The zero-order chi connectivity index (χ0) is 17.5. The standard InChI is InChI=1S/C19H24N4O2/c1-25-16-7-5-15(6-8-16)19(9-2-3-10-19)17(24)20-13-14-23-18-21-11-4-12-22-18/h4-8,11-12H,2-3,9-10,13-14H2,1H3,(H,20,24)(H,21,22,23). The number of aromatic nitrogens is 2. The lowest BCUT2D eigenvalue weighted by molar-refractivity contribution is -0.126. The number of nitrogens with zero attached hydrogens (tertiary/aromatic N) is 2. The van der Waals surface area contributed by atoms with E-state index in [0.717, 1.165) is 37.0 Å². The van der Waals surface area contributed by atoms with E-state index >= 15 is 0 Å². The first-order valence-electron chi connectivity index (χ1n) is 8.68. The summed E-state index contributed by atoms with van der Waals surface area (Å²) >= 11 is 0. The Morgan fingerprint density at radius 3 is 2.44 bits per heavy atom. The zero-order valence-electron chi connectivity index (χ0n) is 14.5. The summed E-state index contributed by atoms with van der Waals surface area (Å²) in [6.45, 7) is 1.13. The molecular formula is C19H24N4O2. The minimum Gasteiger partial charge on any atom is -0.497 e. The van der Waals surface area contributed by atoms with E-state index in [-0.39, 0.29) is 5.91 Å². The van der Waals surface area contributed by atoms with Gasteiger partial charge in [0.1, 0.15) is 5.75 Å². The Bertz CT molecular complexity index is 682. The smallest absolute Gasteiger partial charge is 0.230 e. The van der Waals surface area contributed by atoms with E-state index in [1.54, 1.807) is 25.6 Å². The summed E-state index contributed by atoms with van der Waals surface area (Å²) in [6, 6.07) is 9.65. The van der Waals surface area contributed by atoms with Crippen LogP contribution in [0.2, 0.25) is 0 Å². The van der Waals surface area contributed by atoms with Crippen molar-refractivity contribution in [2.45, 2.75) is 31.1 Å². The molecule has 1 aliphatic rings. The number of anilines is 1.